The minimum absolute atomic E-state index is 0. The van der Waals surface area contributed by atoms with Crippen LogP contribution in [0.4, 0.5) is 0 Å². The van der Waals surface area contributed by atoms with Crippen molar-refractivity contribution in [2.75, 3.05) is 0 Å². The number of hydrogen-bond donors (Lipinski definition) is 0. The molecule has 0 saturated heterocycles. The second-order valence-corrected chi connectivity index (χ2v) is 0. The van der Waals surface area contributed by atoms with Gasteiger partial charge in [-0.2, -0.15) is 0 Å². The summed E-state index contributed by atoms with van der Waals surface area (Å²) < 4.78 is 0. The summed E-state index contributed by atoms with van der Waals surface area (Å²) in [7, 11) is 0. The van der Waals surface area contributed by atoms with Gasteiger partial charge in [-0.3, -0.25) is 0 Å². The third kappa shape index (κ3) is 35.1. The first kappa shape index (κ1) is 89.4. The quantitative estimate of drug-likeness (QED) is 0.404. The maximum absolute atomic E-state index is 0. The van der Waals surface area contributed by atoms with Crippen LogP contribution in [-0.2, 0) is 32.9 Å². The minimum Gasteiger partial charge on any atom is -2.00 e. The van der Waals surface area contributed by atoms with Crippen LogP contribution in [0.2, 0.25) is 0 Å². The van der Waals surface area contributed by atoms with Gasteiger partial charge in [0.2, 0.25) is 0 Å². The molecule has 32 valence electrons. The van der Waals surface area contributed by atoms with E-state index < -0.39 is 0 Å². The first-order valence-electron chi connectivity index (χ1n) is 0. The molecule has 0 heterocycles. The van der Waals surface area contributed by atoms with Crippen LogP contribution in [0.1, 0.15) is 0 Å². The first-order chi connectivity index (χ1) is 0. The van der Waals surface area contributed by atoms with Crippen LogP contribution >= 0.6 is 0 Å². The maximum atomic E-state index is 0. The molecule has 0 aliphatic rings. The largest absolute Gasteiger partial charge is 3.00 e. The average molecular weight is 253 g/mol. The van der Waals surface area contributed by atoms with Crippen LogP contribution in [0, 0.1) is 35.6 Å². The Morgan fingerprint density at radius 3 is 0.667 bits per heavy atom. The SMILES string of the molecule is [La+3].[Li+].[Ni+2].[O-2].[O-2].[O-2]. The third-order valence-electron chi connectivity index (χ3n) is 0. The fraction of sp³-hybridized carbons (Fsp3) is 0. The first-order valence-corrected chi connectivity index (χ1v) is 0. The maximum Gasteiger partial charge on any atom is 3.00 e. The van der Waals surface area contributed by atoms with Crippen LogP contribution < -0.4 is 18.9 Å². The second kappa shape index (κ2) is 58.1. The summed E-state index contributed by atoms with van der Waals surface area (Å²) >= 11 is 0. The van der Waals surface area contributed by atoms with E-state index in [-0.39, 0.29) is 87.4 Å². The molecule has 3 nitrogen and oxygen atoms in total. The standard InChI is InChI=1S/La.Li.Ni.3O/q+3;+1;+2;3*-2. The fourth-order valence-corrected chi connectivity index (χ4v) is 0. The molecule has 0 aromatic heterocycles. The molecule has 0 saturated carbocycles. The van der Waals surface area contributed by atoms with E-state index in [9.17, 15) is 0 Å². The molecule has 6 heteroatoms. The van der Waals surface area contributed by atoms with E-state index >= 15 is 0 Å². The minimum atomic E-state index is 0. The molecule has 0 unspecified atom stereocenters. The number of hydrogen-bond acceptors (Lipinski definition) is 0. The van der Waals surface area contributed by atoms with Crippen molar-refractivity contribution in [1.29, 1.82) is 0 Å². The average Bonchev–Trinajstić information content (AvgIpc) is 0. The molecule has 0 bridgehead atoms. The van der Waals surface area contributed by atoms with Gasteiger partial charge >= 0.3 is 71.0 Å². The van der Waals surface area contributed by atoms with Crippen LogP contribution in [0.5, 0.6) is 0 Å². The topological polar surface area (TPSA) is 85.5 Å². The zero-order valence-corrected chi connectivity index (χ0v) is 7.73. The van der Waals surface area contributed by atoms with Crippen molar-refractivity contribution >= 4 is 0 Å². The van der Waals surface area contributed by atoms with Gasteiger partial charge in [-0.15, -0.1) is 0 Å². The summed E-state index contributed by atoms with van der Waals surface area (Å²) in [5.74, 6) is 0. The van der Waals surface area contributed by atoms with Crippen molar-refractivity contribution in [3.63, 3.8) is 0 Å². The predicted octanol–water partition coefficient (Wildman–Crippen LogP) is -3.35. The molecule has 0 aliphatic carbocycles. The van der Waals surface area contributed by atoms with Gasteiger partial charge in [0.15, 0.2) is 0 Å². The van der Waals surface area contributed by atoms with Crippen molar-refractivity contribution in [3.05, 3.63) is 0 Å². The summed E-state index contributed by atoms with van der Waals surface area (Å²) in [4.78, 5) is 0. The second-order valence-electron chi connectivity index (χ2n) is 0. The van der Waals surface area contributed by atoms with Crippen LogP contribution in [-0.4, -0.2) is 0 Å². The van der Waals surface area contributed by atoms with Crippen LogP contribution in [0.25, 0.3) is 0 Å². The summed E-state index contributed by atoms with van der Waals surface area (Å²) in [6.07, 6.45) is 0. The Hall–Kier alpha value is 2.17. The van der Waals surface area contributed by atoms with E-state index in [1.807, 2.05) is 0 Å². The summed E-state index contributed by atoms with van der Waals surface area (Å²) in [6, 6.07) is 0. The molecular weight excluding hydrogens is 253 g/mol. The van der Waals surface area contributed by atoms with Gasteiger partial charge in [0.1, 0.15) is 0 Å². The van der Waals surface area contributed by atoms with Gasteiger partial charge in [0.05, 0.1) is 0 Å². The van der Waals surface area contributed by atoms with Crippen molar-refractivity contribution in [2.45, 2.75) is 0 Å². The van der Waals surface area contributed by atoms with E-state index in [0.29, 0.717) is 0 Å². The van der Waals surface area contributed by atoms with Crippen molar-refractivity contribution in [3.8, 4) is 0 Å². The van der Waals surface area contributed by atoms with Gasteiger partial charge in [0.25, 0.3) is 0 Å². The third-order valence-corrected chi connectivity index (χ3v) is 0. The molecule has 0 aliphatic heterocycles. The molecule has 0 amide bonds. The Morgan fingerprint density at radius 1 is 0.667 bits per heavy atom. The van der Waals surface area contributed by atoms with Gasteiger partial charge in [-0.05, 0) is 0 Å². The zero-order valence-electron chi connectivity index (χ0n) is 3.12. The zero-order chi connectivity index (χ0) is 0. The molecule has 0 aromatic rings. The van der Waals surface area contributed by atoms with Crippen LogP contribution in [0.15, 0.2) is 0 Å². The molecule has 0 fully saturated rings. The molecule has 0 rings (SSSR count). The molecule has 6 heavy (non-hydrogen) atoms. The summed E-state index contributed by atoms with van der Waals surface area (Å²) in [5, 5.41) is 0. The van der Waals surface area contributed by atoms with Gasteiger partial charge in [0, 0.05) is 0 Å². The van der Waals surface area contributed by atoms with E-state index in [2.05, 4.69) is 0 Å². The van der Waals surface area contributed by atoms with Crippen molar-refractivity contribution < 1.29 is 87.4 Å². The van der Waals surface area contributed by atoms with E-state index in [0.717, 1.165) is 0 Å². The van der Waals surface area contributed by atoms with Crippen LogP contribution in [0.3, 0.4) is 0 Å². The summed E-state index contributed by atoms with van der Waals surface area (Å²) in [6.45, 7) is 0. The fourth-order valence-electron chi connectivity index (χ4n) is 0. The van der Waals surface area contributed by atoms with Crippen molar-refractivity contribution in [1.82, 2.24) is 0 Å². The molecule has 0 aromatic carbocycles. The molecular formula is LaLiNiO3. The number of rotatable bonds is 0. The molecule has 0 atom stereocenters. The van der Waals surface area contributed by atoms with E-state index in [1.54, 1.807) is 0 Å². The Labute approximate surface area is 86.3 Å². The molecule has 0 spiro atoms. The monoisotopic (exact) mass is 252 g/mol. The Balaban J connectivity index is 0. The Morgan fingerprint density at radius 2 is 0.667 bits per heavy atom. The Bertz CT molecular complexity index is 10.8. The van der Waals surface area contributed by atoms with Gasteiger partial charge in [-0.25, -0.2) is 0 Å². The van der Waals surface area contributed by atoms with Gasteiger partial charge in [-0.1, -0.05) is 0 Å². The van der Waals surface area contributed by atoms with E-state index in [4.69, 9.17) is 0 Å². The summed E-state index contributed by atoms with van der Waals surface area (Å²) in [5.41, 5.74) is 0. The normalized spacial score (nSPS) is 0. The van der Waals surface area contributed by atoms with Crippen molar-refractivity contribution in [2.24, 2.45) is 0 Å². The smallest absolute Gasteiger partial charge is 2.00 e. The molecule has 0 radical (unpaired) electrons. The Kier molecular flexibility index (Phi) is 865. The molecule has 0 N–H and O–H groups in total. The van der Waals surface area contributed by atoms with E-state index in [1.165, 1.54) is 0 Å². The van der Waals surface area contributed by atoms with Gasteiger partial charge < -0.3 is 16.4 Å². The predicted molar refractivity (Wildman–Crippen MR) is 2.06 cm³/mol.